The van der Waals surface area contributed by atoms with E-state index in [0.717, 1.165) is 23.0 Å². The molecule has 4 nitrogen and oxygen atoms in total. The third-order valence-electron chi connectivity index (χ3n) is 3.18. The molecule has 1 aromatic heterocycles. The van der Waals surface area contributed by atoms with E-state index in [1.165, 1.54) is 17.7 Å². The minimum atomic E-state index is 0.0809. The molecule has 0 aliphatic heterocycles. The van der Waals surface area contributed by atoms with Crippen LogP contribution in [0.3, 0.4) is 0 Å². The van der Waals surface area contributed by atoms with Gasteiger partial charge >= 0.3 is 0 Å². The number of hydrogen-bond donors (Lipinski definition) is 1. The predicted molar refractivity (Wildman–Crippen MR) is 74.9 cm³/mol. The predicted octanol–water partition coefficient (Wildman–Crippen LogP) is 3.26. The van der Waals surface area contributed by atoms with E-state index < -0.39 is 0 Å². The summed E-state index contributed by atoms with van der Waals surface area (Å²) in [6.07, 6.45) is 2.38. The van der Waals surface area contributed by atoms with E-state index in [4.69, 9.17) is 10.3 Å². The standard InChI is InChI=1S/C14H17N3OS/c1-9(15)10-4-6-12(7-5-10)19-8-13-16-14(18-17-13)11-2-3-11/h4-7,9,11H,2-3,8,15H2,1H3. The number of hydrogen-bond acceptors (Lipinski definition) is 5. The van der Waals surface area contributed by atoms with Crippen molar-refractivity contribution in [3.8, 4) is 0 Å². The Bertz CT molecular complexity index is 546. The first-order chi connectivity index (χ1) is 9.22. The molecule has 1 heterocycles. The molecule has 2 N–H and O–H groups in total. The van der Waals surface area contributed by atoms with Crippen molar-refractivity contribution in [2.24, 2.45) is 5.73 Å². The van der Waals surface area contributed by atoms with Crippen LogP contribution in [0.1, 0.15) is 49.0 Å². The van der Waals surface area contributed by atoms with Gasteiger partial charge in [0.05, 0.1) is 5.75 Å². The van der Waals surface area contributed by atoms with E-state index in [9.17, 15) is 0 Å². The van der Waals surface area contributed by atoms with Gasteiger partial charge in [0, 0.05) is 16.9 Å². The molecule has 1 atom stereocenters. The molecule has 0 spiro atoms. The molecule has 1 saturated carbocycles. The first-order valence-corrected chi connectivity index (χ1v) is 7.52. The summed E-state index contributed by atoms with van der Waals surface area (Å²) in [5.74, 6) is 2.86. The Morgan fingerprint density at radius 3 is 2.74 bits per heavy atom. The van der Waals surface area contributed by atoms with Gasteiger partial charge in [-0.1, -0.05) is 17.3 Å². The lowest BCUT2D eigenvalue weighted by Crippen LogP contribution is -2.04. The summed E-state index contributed by atoms with van der Waals surface area (Å²) >= 11 is 1.71. The van der Waals surface area contributed by atoms with E-state index in [1.54, 1.807) is 11.8 Å². The summed E-state index contributed by atoms with van der Waals surface area (Å²) in [6, 6.07) is 8.39. The van der Waals surface area contributed by atoms with Gasteiger partial charge in [0.15, 0.2) is 5.82 Å². The molecule has 3 rings (SSSR count). The molecule has 0 amide bonds. The Balaban J connectivity index is 1.58. The molecule has 100 valence electrons. The number of nitrogens with zero attached hydrogens (tertiary/aromatic N) is 2. The molecule has 0 bridgehead atoms. The molecule has 2 aromatic rings. The second kappa shape index (κ2) is 5.35. The number of rotatable bonds is 5. The third kappa shape index (κ3) is 3.16. The Morgan fingerprint density at radius 2 is 2.11 bits per heavy atom. The van der Waals surface area contributed by atoms with Crippen molar-refractivity contribution in [3.63, 3.8) is 0 Å². The van der Waals surface area contributed by atoms with Crippen LogP contribution < -0.4 is 5.73 Å². The lowest BCUT2D eigenvalue weighted by Gasteiger charge is -2.05. The average Bonchev–Trinajstić information content (AvgIpc) is 3.16. The van der Waals surface area contributed by atoms with E-state index >= 15 is 0 Å². The van der Waals surface area contributed by atoms with Gasteiger partial charge in [0.1, 0.15) is 0 Å². The number of nitrogens with two attached hydrogens (primary N) is 1. The normalized spacial score (nSPS) is 16.5. The highest BCUT2D eigenvalue weighted by Crippen LogP contribution is 2.39. The summed E-state index contributed by atoms with van der Waals surface area (Å²) in [5, 5.41) is 4.01. The largest absolute Gasteiger partial charge is 0.339 e. The van der Waals surface area contributed by atoms with Gasteiger partial charge in [0.2, 0.25) is 5.89 Å². The fourth-order valence-electron chi connectivity index (χ4n) is 1.84. The van der Waals surface area contributed by atoms with Crippen molar-refractivity contribution in [2.75, 3.05) is 0 Å². The van der Waals surface area contributed by atoms with Crippen LogP contribution in [0.4, 0.5) is 0 Å². The van der Waals surface area contributed by atoms with E-state index in [2.05, 4.69) is 34.4 Å². The Hall–Kier alpha value is -1.33. The molecule has 1 aromatic carbocycles. The van der Waals surface area contributed by atoms with E-state index in [0.29, 0.717) is 5.92 Å². The zero-order valence-electron chi connectivity index (χ0n) is 10.9. The molecule has 1 aliphatic rings. The third-order valence-corrected chi connectivity index (χ3v) is 4.19. The summed E-state index contributed by atoms with van der Waals surface area (Å²) in [4.78, 5) is 5.61. The maximum Gasteiger partial charge on any atom is 0.229 e. The van der Waals surface area contributed by atoms with Gasteiger partial charge in [-0.05, 0) is 37.5 Å². The van der Waals surface area contributed by atoms with Crippen LogP contribution >= 0.6 is 11.8 Å². The van der Waals surface area contributed by atoms with Gasteiger partial charge in [-0.2, -0.15) is 4.98 Å². The maximum absolute atomic E-state index is 5.83. The Morgan fingerprint density at radius 1 is 1.37 bits per heavy atom. The Labute approximate surface area is 116 Å². The van der Waals surface area contributed by atoms with E-state index in [1.807, 2.05) is 6.92 Å². The fourth-order valence-corrected chi connectivity index (χ4v) is 2.58. The zero-order valence-corrected chi connectivity index (χ0v) is 11.7. The van der Waals surface area contributed by atoms with Gasteiger partial charge in [-0.25, -0.2) is 0 Å². The lowest BCUT2D eigenvalue weighted by atomic mass is 10.1. The first kappa shape index (κ1) is 12.7. The lowest BCUT2D eigenvalue weighted by molar-refractivity contribution is 0.375. The average molecular weight is 275 g/mol. The first-order valence-electron chi connectivity index (χ1n) is 6.53. The molecule has 1 aliphatic carbocycles. The van der Waals surface area contributed by atoms with Crippen LogP contribution in [-0.2, 0) is 5.75 Å². The molecule has 19 heavy (non-hydrogen) atoms. The fraction of sp³-hybridized carbons (Fsp3) is 0.429. The summed E-state index contributed by atoms with van der Waals surface area (Å²) in [6.45, 7) is 1.99. The second-order valence-corrected chi connectivity index (χ2v) is 6.02. The van der Waals surface area contributed by atoms with Crippen LogP contribution in [0.15, 0.2) is 33.7 Å². The number of aromatic nitrogens is 2. The molecule has 5 heteroatoms. The quantitative estimate of drug-likeness (QED) is 0.848. The van der Waals surface area contributed by atoms with Crippen molar-refractivity contribution < 1.29 is 4.52 Å². The van der Waals surface area contributed by atoms with Crippen LogP contribution in [0.2, 0.25) is 0 Å². The van der Waals surface area contributed by atoms with Gasteiger partial charge in [-0.15, -0.1) is 11.8 Å². The van der Waals surface area contributed by atoms with Crippen LogP contribution in [0.5, 0.6) is 0 Å². The monoisotopic (exact) mass is 275 g/mol. The maximum atomic E-state index is 5.83. The smallest absolute Gasteiger partial charge is 0.229 e. The minimum absolute atomic E-state index is 0.0809. The van der Waals surface area contributed by atoms with Crippen molar-refractivity contribution in [2.45, 2.75) is 42.4 Å². The van der Waals surface area contributed by atoms with Gasteiger partial charge < -0.3 is 10.3 Å². The van der Waals surface area contributed by atoms with E-state index in [-0.39, 0.29) is 6.04 Å². The van der Waals surface area contributed by atoms with Crippen LogP contribution in [-0.4, -0.2) is 10.1 Å². The van der Waals surface area contributed by atoms with Gasteiger partial charge in [-0.3, -0.25) is 0 Å². The molecule has 1 unspecified atom stereocenters. The molecule has 0 saturated heterocycles. The molecular weight excluding hydrogens is 258 g/mol. The highest BCUT2D eigenvalue weighted by Gasteiger charge is 2.29. The van der Waals surface area contributed by atoms with Crippen molar-refractivity contribution in [3.05, 3.63) is 41.5 Å². The van der Waals surface area contributed by atoms with Gasteiger partial charge in [0.25, 0.3) is 0 Å². The zero-order chi connectivity index (χ0) is 13.2. The minimum Gasteiger partial charge on any atom is -0.339 e. The SMILES string of the molecule is CC(N)c1ccc(SCc2noc(C3CC3)n2)cc1. The molecule has 1 fully saturated rings. The molecule has 0 radical (unpaired) electrons. The highest BCUT2D eigenvalue weighted by molar-refractivity contribution is 7.98. The summed E-state index contributed by atoms with van der Waals surface area (Å²) < 4.78 is 5.24. The second-order valence-electron chi connectivity index (χ2n) is 4.97. The molecular formula is C14H17N3OS. The van der Waals surface area contributed by atoms with Crippen LogP contribution in [0.25, 0.3) is 0 Å². The number of thioether (sulfide) groups is 1. The van der Waals surface area contributed by atoms with Crippen molar-refractivity contribution >= 4 is 11.8 Å². The Kier molecular flexibility index (Phi) is 3.57. The highest BCUT2D eigenvalue weighted by atomic mass is 32.2. The summed E-state index contributed by atoms with van der Waals surface area (Å²) in [5.41, 5.74) is 6.98. The van der Waals surface area contributed by atoms with Crippen LogP contribution in [0, 0.1) is 0 Å². The topological polar surface area (TPSA) is 64.9 Å². The summed E-state index contributed by atoms with van der Waals surface area (Å²) in [7, 11) is 0. The van der Waals surface area contributed by atoms with Crippen molar-refractivity contribution in [1.29, 1.82) is 0 Å². The number of benzene rings is 1. The van der Waals surface area contributed by atoms with Crippen molar-refractivity contribution in [1.82, 2.24) is 10.1 Å².